The summed E-state index contributed by atoms with van der Waals surface area (Å²) in [5.74, 6) is -1.10. The Balaban J connectivity index is 3.07. The first-order chi connectivity index (χ1) is 10.1. The van der Waals surface area contributed by atoms with E-state index in [1.165, 1.54) is 37.3 Å². The Hall–Kier alpha value is -2.70. The summed E-state index contributed by atoms with van der Waals surface area (Å²) in [6.45, 7) is 6.40. The number of carbonyl (C=O) groups excluding carboxylic acids is 2. The Morgan fingerprint density at radius 2 is 1.77 bits per heavy atom. The van der Waals surface area contributed by atoms with Crippen LogP contribution in [0.1, 0.15) is 33.3 Å². The number of esters is 1. The molecule has 0 saturated heterocycles. The number of hydrogen-bond donors (Lipinski definition) is 1. The molecule has 118 valence electrons. The maximum absolute atomic E-state index is 12.1. The van der Waals surface area contributed by atoms with Crippen LogP contribution < -0.4 is 5.32 Å². The highest BCUT2D eigenvalue weighted by molar-refractivity contribution is 5.97. The summed E-state index contributed by atoms with van der Waals surface area (Å²) in [6, 6.07) is 5.58. The van der Waals surface area contributed by atoms with Crippen LogP contribution in [-0.2, 0) is 14.3 Å². The summed E-state index contributed by atoms with van der Waals surface area (Å²) in [6.07, 6.45) is 1.40. The SMILES string of the molecule is CC(=O)N/C(=C\c1ccc([N+](=O)[O-])cc1)C(=O)OC(C)(C)C. The van der Waals surface area contributed by atoms with Gasteiger partial charge in [0.05, 0.1) is 4.92 Å². The van der Waals surface area contributed by atoms with Crippen LogP contribution in [0.15, 0.2) is 30.0 Å². The maximum atomic E-state index is 12.1. The molecule has 0 saturated carbocycles. The monoisotopic (exact) mass is 306 g/mol. The van der Waals surface area contributed by atoms with Crippen LogP contribution in [0.3, 0.4) is 0 Å². The predicted octanol–water partition coefficient (Wildman–Crippen LogP) is 2.41. The van der Waals surface area contributed by atoms with Crippen molar-refractivity contribution in [3.05, 3.63) is 45.6 Å². The highest BCUT2D eigenvalue weighted by atomic mass is 16.6. The van der Waals surface area contributed by atoms with Gasteiger partial charge in [-0.25, -0.2) is 4.79 Å². The van der Waals surface area contributed by atoms with E-state index in [1.807, 2.05) is 0 Å². The topological polar surface area (TPSA) is 98.5 Å². The van der Waals surface area contributed by atoms with Gasteiger partial charge in [-0.3, -0.25) is 14.9 Å². The van der Waals surface area contributed by atoms with Crippen molar-refractivity contribution in [1.82, 2.24) is 5.32 Å². The third-order valence-corrected chi connectivity index (χ3v) is 2.34. The Bertz CT molecular complexity index is 612. The van der Waals surface area contributed by atoms with Gasteiger partial charge in [0, 0.05) is 19.1 Å². The zero-order valence-electron chi connectivity index (χ0n) is 12.9. The molecule has 22 heavy (non-hydrogen) atoms. The Labute approximate surface area is 128 Å². The average Bonchev–Trinajstić information content (AvgIpc) is 2.36. The minimum absolute atomic E-state index is 0.0312. The fourth-order valence-electron chi connectivity index (χ4n) is 1.53. The van der Waals surface area contributed by atoms with Crippen molar-refractivity contribution in [3.63, 3.8) is 0 Å². The van der Waals surface area contributed by atoms with Crippen molar-refractivity contribution in [2.45, 2.75) is 33.3 Å². The summed E-state index contributed by atoms with van der Waals surface area (Å²) in [4.78, 5) is 33.4. The minimum Gasteiger partial charge on any atom is -0.455 e. The molecule has 1 aromatic rings. The fourth-order valence-corrected chi connectivity index (χ4v) is 1.53. The van der Waals surface area contributed by atoms with Crippen molar-refractivity contribution >= 4 is 23.6 Å². The van der Waals surface area contributed by atoms with Crippen LogP contribution in [-0.4, -0.2) is 22.4 Å². The molecular formula is C15H18N2O5. The second-order valence-corrected chi connectivity index (χ2v) is 5.59. The lowest BCUT2D eigenvalue weighted by molar-refractivity contribution is -0.384. The molecule has 7 nitrogen and oxygen atoms in total. The summed E-state index contributed by atoms with van der Waals surface area (Å²) in [5.41, 5.74) is -0.267. The third kappa shape index (κ3) is 5.74. The van der Waals surface area contributed by atoms with E-state index in [9.17, 15) is 19.7 Å². The molecule has 0 unspecified atom stereocenters. The number of carbonyl (C=O) groups is 2. The van der Waals surface area contributed by atoms with Crippen molar-refractivity contribution in [2.75, 3.05) is 0 Å². The second kappa shape index (κ2) is 6.84. The van der Waals surface area contributed by atoms with Gasteiger partial charge in [0.2, 0.25) is 5.91 Å². The number of benzene rings is 1. The summed E-state index contributed by atoms with van der Waals surface area (Å²) in [5, 5.41) is 13.0. The molecule has 0 aliphatic rings. The van der Waals surface area contributed by atoms with E-state index in [2.05, 4.69) is 5.32 Å². The number of non-ortho nitro benzene ring substituents is 1. The molecule has 0 spiro atoms. The van der Waals surface area contributed by atoms with E-state index in [4.69, 9.17) is 4.74 Å². The van der Waals surface area contributed by atoms with E-state index in [1.54, 1.807) is 20.8 Å². The number of nitrogens with zero attached hydrogens (tertiary/aromatic N) is 1. The number of nitro benzene ring substituents is 1. The molecule has 0 atom stereocenters. The van der Waals surface area contributed by atoms with Gasteiger partial charge < -0.3 is 10.1 Å². The van der Waals surface area contributed by atoms with Crippen LogP contribution in [0, 0.1) is 10.1 Å². The molecule has 0 aliphatic heterocycles. The van der Waals surface area contributed by atoms with Crippen LogP contribution in [0.25, 0.3) is 6.08 Å². The molecule has 1 N–H and O–H groups in total. The van der Waals surface area contributed by atoms with Gasteiger partial charge in [0.25, 0.3) is 5.69 Å². The lowest BCUT2D eigenvalue weighted by atomic mass is 10.1. The number of hydrogen-bond acceptors (Lipinski definition) is 5. The van der Waals surface area contributed by atoms with Crippen molar-refractivity contribution in [3.8, 4) is 0 Å². The molecule has 0 radical (unpaired) electrons. The van der Waals surface area contributed by atoms with Gasteiger partial charge in [-0.15, -0.1) is 0 Å². The number of nitro groups is 1. The predicted molar refractivity (Wildman–Crippen MR) is 80.7 cm³/mol. The van der Waals surface area contributed by atoms with Gasteiger partial charge in [0.15, 0.2) is 0 Å². The summed E-state index contributed by atoms with van der Waals surface area (Å²) >= 11 is 0. The first kappa shape index (κ1) is 17.4. The fraction of sp³-hybridized carbons (Fsp3) is 0.333. The quantitative estimate of drug-likeness (QED) is 0.398. The lowest BCUT2D eigenvalue weighted by Gasteiger charge is -2.20. The Morgan fingerprint density at radius 3 is 2.18 bits per heavy atom. The Morgan fingerprint density at radius 1 is 1.23 bits per heavy atom. The van der Waals surface area contributed by atoms with Crippen LogP contribution in [0.5, 0.6) is 0 Å². The summed E-state index contributed by atoms with van der Waals surface area (Å²) < 4.78 is 5.20. The van der Waals surface area contributed by atoms with Crippen molar-refractivity contribution in [2.24, 2.45) is 0 Å². The van der Waals surface area contributed by atoms with Gasteiger partial charge in [-0.1, -0.05) is 0 Å². The van der Waals surface area contributed by atoms with E-state index < -0.39 is 22.4 Å². The smallest absolute Gasteiger partial charge is 0.355 e. The second-order valence-electron chi connectivity index (χ2n) is 5.59. The number of amides is 1. The molecule has 1 amide bonds. The zero-order chi connectivity index (χ0) is 16.9. The lowest BCUT2D eigenvalue weighted by Crippen LogP contribution is -2.31. The zero-order valence-corrected chi connectivity index (χ0v) is 12.9. The highest BCUT2D eigenvalue weighted by Gasteiger charge is 2.20. The number of rotatable bonds is 4. The molecule has 0 heterocycles. The first-order valence-electron chi connectivity index (χ1n) is 6.55. The van der Waals surface area contributed by atoms with Gasteiger partial charge in [0.1, 0.15) is 11.3 Å². The molecular weight excluding hydrogens is 288 g/mol. The van der Waals surface area contributed by atoms with E-state index in [0.29, 0.717) is 5.56 Å². The van der Waals surface area contributed by atoms with Crippen LogP contribution >= 0.6 is 0 Å². The molecule has 1 rings (SSSR count). The summed E-state index contributed by atoms with van der Waals surface area (Å²) in [7, 11) is 0. The van der Waals surface area contributed by atoms with E-state index in [0.717, 1.165) is 0 Å². The molecule has 0 fully saturated rings. The van der Waals surface area contributed by atoms with Gasteiger partial charge in [-0.2, -0.15) is 0 Å². The normalized spacial score (nSPS) is 11.7. The largest absolute Gasteiger partial charge is 0.455 e. The standard InChI is InChI=1S/C15H18N2O5/c1-10(18)16-13(14(19)22-15(2,3)4)9-11-5-7-12(8-6-11)17(20)21/h5-9H,1-4H3,(H,16,18)/b13-9-. The highest BCUT2D eigenvalue weighted by Crippen LogP contribution is 2.16. The molecule has 7 heteroatoms. The van der Waals surface area contributed by atoms with Gasteiger partial charge in [-0.05, 0) is 44.5 Å². The van der Waals surface area contributed by atoms with Crippen LogP contribution in [0.4, 0.5) is 5.69 Å². The van der Waals surface area contributed by atoms with Crippen LogP contribution in [0.2, 0.25) is 0 Å². The molecule has 0 bridgehead atoms. The van der Waals surface area contributed by atoms with Gasteiger partial charge >= 0.3 is 5.97 Å². The molecule has 0 aliphatic carbocycles. The van der Waals surface area contributed by atoms with Crippen molar-refractivity contribution in [1.29, 1.82) is 0 Å². The molecule has 0 aromatic heterocycles. The number of nitrogens with one attached hydrogen (secondary N) is 1. The van der Waals surface area contributed by atoms with Crippen molar-refractivity contribution < 1.29 is 19.2 Å². The Kier molecular flexibility index (Phi) is 5.39. The third-order valence-electron chi connectivity index (χ3n) is 2.34. The van der Waals surface area contributed by atoms with E-state index >= 15 is 0 Å². The first-order valence-corrected chi connectivity index (χ1v) is 6.55. The molecule has 1 aromatic carbocycles. The minimum atomic E-state index is -0.704. The number of ether oxygens (including phenoxy) is 1. The maximum Gasteiger partial charge on any atom is 0.355 e. The van der Waals surface area contributed by atoms with E-state index in [-0.39, 0.29) is 11.4 Å². The average molecular weight is 306 g/mol.